The van der Waals surface area contributed by atoms with Gasteiger partial charge in [-0.3, -0.25) is 0 Å². The van der Waals surface area contributed by atoms with E-state index in [0.29, 0.717) is 0 Å². The van der Waals surface area contributed by atoms with Crippen molar-refractivity contribution in [2.45, 2.75) is 0 Å². The average molecular weight is 647 g/mol. The monoisotopic (exact) mass is 646 g/mol. The van der Waals surface area contributed by atoms with Gasteiger partial charge in [-0.1, -0.05) is 164 Å². The van der Waals surface area contributed by atoms with Gasteiger partial charge >= 0.3 is 0 Å². The van der Waals surface area contributed by atoms with Gasteiger partial charge in [-0.15, -0.1) is 0 Å². The van der Waals surface area contributed by atoms with Crippen LogP contribution in [0.1, 0.15) is 0 Å². The van der Waals surface area contributed by atoms with E-state index in [1.54, 1.807) is 0 Å². The van der Waals surface area contributed by atoms with E-state index in [1.165, 1.54) is 81.7 Å². The molecule has 0 spiro atoms. The van der Waals surface area contributed by atoms with E-state index in [-0.39, 0.29) is 0 Å². The second kappa shape index (κ2) is 10.9. The first-order valence-corrected chi connectivity index (χ1v) is 17.6. The van der Waals surface area contributed by atoms with Crippen LogP contribution in [0.4, 0.5) is 0 Å². The number of furan rings is 1. The second-order valence-corrected chi connectivity index (χ2v) is 13.6. The zero-order valence-electron chi connectivity index (χ0n) is 27.7. The van der Waals surface area contributed by atoms with Gasteiger partial charge in [0.05, 0.1) is 0 Å². The quantitative estimate of drug-likeness (QED) is 0.138. The number of hydrogen-bond acceptors (Lipinski definition) is 1. The summed E-state index contributed by atoms with van der Waals surface area (Å²) in [6, 6.07) is 66.2. The Morgan fingerprint density at radius 3 is 1.41 bits per heavy atom. The summed E-state index contributed by atoms with van der Waals surface area (Å²) in [6.07, 6.45) is 0. The van der Waals surface area contributed by atoms with Crippen molar-refractivity contribution in [1.29, 1.82) is 0 Å². The van der Waals surface area contributed by atoms with Gasteiger partial charge in [0.15, 0.2) is 0 Å². The van der Waals surface area contributed by atoms with Crippen LogP contribution in [0.2, 0.25) is 0 Å². The van der Waals surface area contributed by atoms with Gasteiger partial charge in [-0.05, 0) is 100 Å². The smallest absolute Gasteiger partial charge is 0.143 e. The first-order valence-electron chi connectivity index (χ1n) is 17.6. The van der Waals surface area contributed by atoms with Gasteiger partial charge in [0.2, 0.25) is 0 Å². The van der Waals surface area contributed by atoms with Crippen molar-refractivity contribution < 1.29 is 4.42 Å². The maximum Gasteiger partial charge on any atom is 0.143 e. The molecule has 10 aromatic carbocycles. The Morgan fingerprint density at radius 2 is 0.745 bits per heavy atom. The van der Waals surface area contributed by atoms with E-state index in [0.717, 1.165) is 27.5 Å². The SMILES string of the molecule is c1ccc2cc(-c3ccc(-c4c5ccccc5c(-c5ccc6c(c5)oc5c7ccccc7c7ccccc7c65)c5ccccc45)cc3)ccc2c1. The summed E-state index contributed by atoms with van der Waals surface area (Å²) >= 11 is 0. The van der Waals surface area contributed by atoms with E-state index in [1.807, 2.05) is 0 Å². The lowest BCUT2D eigenvalue weighted by molar-refractivity contribution is 0.673. The highest BCUT2D eigenvalue weighted by molar-refractivity contribution is 6.30. The molecule has 0 aliphatic carbocycles. The molecule has 0 fully saturated rings. The van der Waals surface area contributed by atoms with Gasteiger partial charge in [0, 0.05) is 16.2 Å². The van der Waals surface area contributed by atoms with Crippen LogP contribution >= 0.6 is 0 Å². The molecular formula is C50H30O. The normalized spacial score (nSPS) is 11.9. The number of rotatable bonds is 3. The highest BCUT2D eigenvalue weighted by atomic mass is 16.3. The van der Waals surface area contributed by atoms with E-state index in [2.05, 4.69) is 182 Å². The van der Waals surface area contributed by atoms with Crippen LogP contribution < -0.4 is 0 Å². The highest BCUT2D eigenvalue weighted by Crippen LogP contribution is 2.46. The molecule has 0 amide bonds. The number of hydrogen-bond donors (Lipinski definition) is 0. The fourth-order valence-corrected chi connectivity index (χ4v) is 8.51. The summed E-state index contributed by atoms with van der Waals surface area (Å²) in [5.41, 5.74) is 9.17. The molecule has 11 aromatic rings. The Labute approximate surface area is 294 Å². The molecule has 1 aromatic heterocycles. The third-order valence-electron chi connectivity index (χ3n) is 10.8. The summed E-state index contributed by atoms with van der Waals surface area (Å²) in [4.78, 5) is 0. The summed E-state index contributed by atoms with van der Waals surface area (Å²) in [5.74, 6) is 0. The molecule has 1 heteroatoms. The third-order valence-corrected chi connectivity index (χ3v) is 10.8. The van der Waals surface area contributed by atoms with Crippen LogP contribution in [0.3, 0.4) is 0 Å². The maximum atomic E-state index is 6.82. The minimum absolute atomic E-state index is 0.908. The van der Waals surface area contributed by atoms with Crippen molar-refractivity contribution in [2.75, 3.05) is 0 Å². The van der Waals surface area contributed by atoms with Gasteiger partial charge in [0.1, 0.15) is 11.2 Å². The van der Waals surface area contributed by atoms with Crippen molar-refractivity contribution in [3.8, 4) is 33.4 Å². The molecule has 0 atom stereocenters. The Morgan fingerprint density at radius 1 is 0.275 bits per heavy atom. The van der Waals surface area contributed by atoms with Crippen LogP contribution in [-0.4, -0.2) is 0 Å². The van der Waals surface area contributed by atoms with Crippen LogP contribution in [0.25, 0.3) is 109 Å². The topological polar surface area (TPSA) is 13.1 Å². The fraction of sp³-hybridized carbons (Fsp3) is 0. The Hall–Kier alpha value is -6.70. The number of benzene rings is 10. The molecular weight excluding hydrogens is 617 g/mol. The van der Waals surface area contributed by atoms with Crippen molar-refractivity contribution >= 4 is 75.8 Å². The lowest BCUT2D eigenvalue weighted by atomic mass is 9.85. The molecule has 0 radical (unpaired) electrons. The largest absolute Gasteiger partial charge is 0.455 e. The molecule has 0 bridgehead atoms. The predicted molar refractivity (Wildman–Crippen MR) is 218 cm³/mol. The molecule has 0 unspecified atom stereocenters. The molecule has 0 saturated carbocycles. The minimum atomic E-state index is 0.908. The molecule has 11 rings (SSSR count). The lowest BCUT2D eigenvalue weighted by Crippen LogP contribution is -1.91. The molecule has 0 aliphatic rings. The summed E-state index contributed by atoms with van der Waals surface area (Å²) in [6.45, 7) is 0. The highest BCUT2D eigenvalue weighted by Gasteiger charge is 2.20. The van der Waals surface area contributed by atoms with E-state index in [4.69, 9.17) is 4.42 Å². The number of fused-ring (bicyclic) bond motifs is 11. The zero-order chi connectivity index (χ0) is 33.5. The van der Waals surface area contributed by atoms with Gasteiger partial charge in [0.25, 0.3) is 0 Å². The van der Waals surface area contributed by atoms with Crippen LogP contribution in [0.15, 0.2) is 186 Å². The third kappa shape index (κ3) is 4.22. The van der Waals surface area contributed by atoms with Crippen LogP contribution in [0.5, 0.6) is 0 Å². The van der Waals surface area contributed by atoms with Crippen molar-refractivity contribution in [1.82, 2.24) is 0 Å². The van der Waals surface area contributed by atoms with E-state index in [9.17, 15) is 0 Å². The van der Waals surface area contributed by atoms with Crippen molar-refractivity contribution in [3.63, 3.8) is 0 Å². The lowest BCUT2D eigenvalue weighted by Gasteiger charge is -2.18. The average Bonchev–Trinajstić information content (AvgIpc) is 3.59. The van der Waals surface area contributed by atoms with Gasteiger partial charge in [-0.2, -0.15) is 0 Å². The molecule has 51 heavy (non-hydrogen) atoms. The van der Waals surface area contributed by atoms with Crippen LogP contribution in [-0.2, 0) is 0 Å². The molecule has 0 N–H and O–H groups in total. The fourth-order valence-electron chi connectivity index (χ4n) is 8.51. The second-order valence-electron chi connectivity index (χ2n) is 13.6. The molecule has 0 aliphatic heterocycles. The van der Waals surface area contributed by atoms with Crippen molar-refractivity contribution in [3.05, 3.63) is 182 Å². The Balaban J connectivity index is 1.12. The van der Waals surface area contributed by atoms with Gasteiger partial charge < -0.3 is 4.42 Å². The van der Waals surface area contributed by atoms with Crippen molar-refractivity contribution in [2.24, 2.45) is 0 Å². The standard InChI is InChI=1S/C50H30O/c1-2-12-34-29-35(26-23-31(34)11-1)32-21-24-33(25-22-32)47-40-16-6-8-18-42(40)48(43-19-9-7-17-41(43)47)36-27-28-45-46(30-36)51-50-44-20-10-4-14-38(44)37-13-3-5-15-39(37)49(45)50/h1-30H. The summed E-state index contributed by atoms with van der Waals surface area (Å²) in [7, 11) is 0. The first kappa shape index (κ1) is 28.2. The maximum absolute atomic E-state index is 6.82. The summed E-state index contributed by atoms with van der Waals surface area (Å²) in [5, 5.41) is 14.6. The van der Waals surface area contributed by atoms with E-state index < -0.39 is 0 Å². The zero-order valence-corrected chi connectivity index (χ0v) is 27.7. The van der Waals surface area contributed by atoms with E-state index >= 15 is 0 Å². The van der Waals surface area contributed by atoms with Crippen LogP contribution in [0, 0.1) is 0 Å². The summed E-state index contributed by atoms with van der Waals surface area (Å²) < 4.78 is 6.82. The molecule has 1 heterocycles. The molecule has 1 nitrogen and oxygen atoms in total. The predicted octanol–water partition coefficient (Wildman–Crippen LogP) is 14.4. The Bertz CT molecular complexity index is 3120. The molecule has 0 saturated heterocycles. The molecule has 236 valence electrons. The Kier molecular flexibility index (Phi) is 6.02. The minimum Gasteiger partial charge on any atom is -0.455 e. The first-order chi connectivity index (χ1) is 25.3. The van der Waals surface area contributed by atoms with Gasteiger partial charge in [-0.25, -0.2) is 0 Å².